The van der Waals surface area contributed by atoms with Gasteiger partial charge in [-0.2, -0.15) is 8.42 Å². The first-order valence-corrected chi connectivity index (χ1v) is 8.99. The van der Waals surface area contributed by atoms with Crippen LogP contribution in [0.3, 0.4) is 0 Å². The molecule has 22 heavy (non-hydrogen) atoms. The van der Waals surface area contributed by atoms with Gasteiger partial charge >= 0.3 is 10.1 Å². The smallest absolute Gasteiger partial charge is 0.339 e. The molecular formula is C15H14INO4S. The minimum absolute atomic E-state index is 0.0286. The van der Waals surface area contributed by atoms with Crippen molar-refractivity contribution < 1.29 is 17.4 Å². The Morgan fingerprint density at radius 2 is 1.86 bits per heavy atom. The number of carbonyl (C=O) groups excluding carboxylic acids is 1. The zero-order chi connectivity index (χ0) is 16.2. The molecule has 0 radical (unpaired) electrons. The van der Waals surface area contributed by atoms with Crippen LogP contribution in [0.15, 0.2) is 53.4 Å². The third kappa shape index (κ3) is 4.44. The summed E-state index contributed by atoms with van der Waals surface area (Å²) in [7, 11) is -3.90. The first-order chi connectivity index (χ1) is 10.4. The van der Waals surface area contributed by atoms with Gasteiger partial charge in [0, 0.05) is 15.7 Å². The third-order valence-corrected chi connectivity index (χ3v) is 4.68. The molecule has 0 bridgehead atoms. The van der Waals surface area contributed by atoms with E-state index in [4.69, 9.17) is 4.18 Å². The van der Waals surface area contributed by atoms with Crippen LogP contribution in [-0.2, 0) is 14.9 Å². The van der Waals surface area contributed by atoms with E-state index in [9.17, 15) is 13.2 Å². The molecule has 2 aromatic carbocycles. The van der Waals surface area contributed by atoms with E-state index in [2.05, 4.69) is 27.9 Å². The average molecular weight is 431 g/mol. The molecule has 1 amide bonds. The number of hydrogen-bond donors (Lipinski definition) is 1. The van der Waals surface area contributed by atoms with Crippen molar-refractivity contribution in [3.05, 3.63) is 52.1 Å². The summed E-state index contributed by atoms with van der Waals surface area (Å²) in [5.41, 5.74) is 0.542. The molecule has 0 heterocycles. The summed E-state index contributed by atoms with van der Waals surface area (Å²) < 4.78 is 30.3. The van der Waals surface area contributed by atoms with Gasteiger partial charge in [0.05, 0.1) is 0 Å². The van der Waals surface area contributed by atoms with Gasteiger partial charge < -0.3 is 9.50 Å². The monoisotopic (exact) mass is 431 g/mol. The fourth-order valence-electron chi connectivity index (χ4n) is 1.65. The van der Waals surface area contributed by atoms with Crippen molar-refractivity contribution in [2.75, 3.05) is 5.32 Å². The Bertz CT molecular complexity index is 772. The third-order valence-electron chi connectivity index (χ3n) is 2.75. The maximum atomic E-state index is 12.2. The summed E-state index contributed by atoms with van der Waals surface area (Å²) >= 11 is 2.08. The quantitative estimate of drug-likeness (QED) is 0.582. The molecule has 5 nitrogen and oxygen atoms in total. The molecule has 0 saturated heterocycles. The summed E-state index contributed by atoms with van der Waals surface area (Å²) in [6.45, 7) is 1.74. The Labute approximate surface area is 143 Å². The first-order valence-electron chi connectivity index (χ1n) is 6.50. The molecular weight excluding hydrogens is 417 g/mol. The number of carbonyl (C=O) groups is 1. The largest absolute Gasteiger partial charge is 0.379 e. The van der Waals surface area contributed by atoms with Crippen LogP contribution < -0.4 is 9.50 Å². The fourth-order valence-corrected chi connectivity index (χ4v) is 3.09. The van der Waals surface area contributed by atoms with E-state index in [1.54, 1.807) is 25.1 Å². The first kappa shape index (κ1) is 16.8. The van der Waals surface area contributed by atoms with Gasteiger partial charge in [-0.25, -0.2) is 0 Å². The minimum atomic E-state index is -3.90. The molecule has 1 N–H and O–H groups in total. The normalized spacial score (nSPS) is 11.0. The fraction of sp³-hybridized carbons (Fsp3) is 0.133. The molecule has 2 rings (SSSR count). The molecule has 0 aromatic heterocycles. The SMILES string of the molecule is CCC(=O)Nc1ccc(S(=O)(=O)Oc2cccc(I)c2)cc1. The summed E-state index contributed by atoms with van der Waals surface area (Å²) in [6, 6.07) is 12.6. The summed E-state index contributed by atoms with van der Waals surface area (Å²) in [5.74, 6) is 0.126. The maximum Gasteiger partial charge on any atom is 0.339 e. The molecule has 116 valence electrons. The molecule has 0 aliphatic rings. The summed E-state index contributed by atoms with van der Waals surface area (Å²) in [4.78, 5) is 11.3. The number of hydrogen-bond acceptors (Lipinski definition) is 4. The highest BCUT2D eigenvalue weighted by atomic mass is 127. The average Bonchev–Trinajstić information content (AvgIpc) is 2.47. The lowest BCUT2D eigenvalue weighted by Crippen LogP contribution is -2.11. The molecule has 0 unspecified atom stereocenters. The van der Waals surface area contributed by atoms with Crippen LogP contribution in [0.5, 0.6) is 5.75 Å². The van der Waals surface area contributed by atoms with Gasteiger partial charge in [-0.05, 0) is 65.1 Å². The molecule has 2 aromatic rings. The lowest BCUT2D eigenvalue weighted by atomic mass is 10.3. The van der Waals surface area contributed by atoms with Gasteiger partial charge in [0.15, 0.2) is 0 Å². The summed E-state index contributed by atoms with van der Waals surface area (Å²) in [6.07, 6.45) is 0.357. The van der Waals surface area contributed by atoms with Crippen LogP contribution in [0.4, 0.5) is 5.69 Å². The van der Waals surface area contributed by atoms with E-state index in [0.29, 0.717) is 12.1 Å². The number of amides is 1. The molecule has 0 spiro atoms. The van der Waals surface area contributed by atoms with E-state index < -0.39 is 10.1 Å². The predicted octanol–water partition coefficient (Wildman–Crippen LogP) is 3.41. The Hall–Kier alpha value is -1.61. The highest BCUT2D eigenvalue weighted by Crippen LogP contribution is 2.21. The molecule has 0 aliphatic heterocycles. The van der Waals surface area contributed by atoms with Gasteiger partial charge in [0.2, 0.25) is 5.91 Å². The van der Waals surface area contributed by atoms with Gasteiger partial charge in [-0.15, -0.1) is 0 Å². The van der Waals surface area contributed by atoms with Crippen LogP contribution in [0.2, 0.25) is 0 Å². The van der Waals surface area contributed by atoms with E-state index >= 15 is 0 Å². The van der Waals surface area contributed by atoms with Crippen LogP contribution >= 0.6 is 22.6 Å². The summed E-state index contributed by atoms with van der Waals surface area (Å²) in [5, 5.41) is 2.65. The standard InChI is InChI=1S/C15H14INO4S/c1-2-15(18)17-12-6-8-14(9-7-12)22(19,20)21-13-5-3-4-11(16)10-13/h3-10H,2H2,1H3,(H,17,18). The topological polar surface area (TPSA) is 72.5 Å². The van der Waals surface area contributed by atoms with Crippen LogP contribution in [0.1, 0.15) is 13.3 Å². The number of halogens is 1. The second kappa shape index (κ2) is 7.10. The molecule has 0 saturated carbocycles. The lowest BCUT2D eigenvalue weighted by molar-refractivity contribution is -0.115. The zero-order valence-electron chi connectivity index (χ0n) is 11.7. The number of nitrogens with one attached hydrogen (secondary N) is 1. The van der Waals surface area contributed by atoms with Crippen molar-refractivity contribution in [1.82, 2.24) is 0 Å². The highest BCUT2D eigenvalue weighted by Gasteiger charge is 2.16. The van der Waals surface area contributed by atoms with Crippen LogP contribution in [0.25, 0.3) is 0 Å². The molecule has 0 atom stereocenters. The predicted molar refractivity (Wildman–Crippen MR) is 92.3 cm³/mol. The van der Waals surface area contributed by atoms with E-state index in [1.165, 1.54) is 24.3 Å². The minimum Gasteiger partial charge on any atom is -0.379 e. The van der Waals surface area contributed by atoms with Gasteiger partial charge in [0.25, 0.3) is 0 Å². The second-order valence-electron chi connectivity index (χ2n) is 4.42. The van der Waals surface area contributed by atoms with E-state index in [1.807, 2.05) is 6.07 Å². The van der Waals surface area contributed by atoms with Gasteiger partial charge in [-0.3, -0.25) is 4.79 Å². The Morgan fingerprint density at radius 1 is 1.18 bits per heavy atom. The number of anilines is 1. The van der Waals surface area contributed by atoms with Crippen molar-refractivity contribution in [1.29, 1.82) is 0 Å². The number of benzene rings is 2. The van der Waals surface area contributed by atoms with Crippen molar-refractivity contribution in [2.24, 2.45) is 0 Å². The van der Waals surface area contributed by atoms with Crippen LogP contribution in [-0.4, -0.2) is 14.3 Å². The number of rotatable bonds is 5. The zero-order valence-corrected chi connectivity index (χ0v) is 14.7. The Morgan fingerprint density at radius 3 is 2.45 bits per heavy atom. The van der Waals surface area contributed by atoms with Gasteiger partial charge in [0.1, 0.15) is 10.6 Å². The molecule has 7 heteroatoms. The Kier molecular flexibility index (Phi) is 5.41. The van der Waals surface area contributed by atoms with Crippen LogP contribution in [0, 0.1) is 3.57 Å². The lowest BCUT2D eigenvalue weighted by Gasteiger charge is -2.08. The maximum absolute atomic E-state index is 12.2. The second-order valence-corrected chi connectivity index (χ2v) is 7.21. The van der Waals surface area contributed by atoms with E-state index in [-0.39, 0.29) is 16.6 Å². The molecule has 0 fully saturated rings. The van der Waals surface area contributed by atoms with E-state index in [0.717, 1.165) is 3.57 Å². The Balaban J connectivity index is 2.17. The van der Waals surface area contributed by atoms with Crippen molar-refractivity contribution in [3.8, 4) is 5.75 Å². The molecule has 0 aliphatic carbocycles. The van der Waals surface area contributed by atoms with Crippen molar-refractivity contribution in [3.63, 3.8) is 0 Å². The van der Waals surface area contributed by atoms with Crippen molar-refractivity contribution >= 4 is 44.3 Å². The van der Waals surface area contributed by atoms with Gasteiger partial charge in [-0.1, -0.05) is 13.0 Å². The van der Waals surface area contributed by atoms with Crippen molar-refractivity contribution in [2.45, 2.75) is 18.2 Å². The highest BCUT2D eigenvalue weighted by molar-refractivity contribution is 14.1.